The van der Waals surface area contributed by atoms with Crippen molar-refractivity contribution < 1.29 is 13.2 Å². The van der Waals surface area contributed by atoms with Crippen molar-refractivity contribution in [2.75, 3.05) is 29.9 Å². The van der Waals surface area contributed by atoms with Crippen molar-refractivity contribution in [2.24, 2.45) is 0 Å². The summed E-state index contributed by atoms with van der Waals surface area (Å²) >= 11 is 0. The van der Waals surface area contributed by atoms with Gasteiger partial charge < -0.3 is 10.2 Å². The number of hydrogen-bond acceptors (Lipinski definition) is 4. The van der Waals surface area contributed by atoms with Gasteiger partial charge in [-0.15, -0.1) is 0 Å². The summed E-state index contributed by atoms with van der Waals surface area (Å²) in [5.74, 6) is 0.691. The van der Waals surface area contributed by atoms with Crippen molar-refractivity contribution in [3.8, 4) is 0 Å². The van der Waals surface area contributed by atoms with Crippen LogP contribution in [0.2, 0.25) is 0 Å². The van der Waals surface area contributed by atoms with Gasteiger partial charge in [-0.1, -0.05) is 6.92 Å². The van der Waals surface area contributed by atoms with E-state index in [0.29, 0.717) is 23.9 Å². The van der Waals surface area contributed by atoms with Crippen LogP contribution in [0.3, 0.4) is 0 Å². The number of nitrogens with one attached hydrogen (secondary N) is 1. The first-order chi connectivity index (χ1) is 8.87. The molecule has 0 unspecified atom stereocenters. The number of rotatable bonds is 6. The average molecular weight is 276 g/mol. The highest BCUT2D eigenvalue weighted by Crippen LogP contribution is 2.23. The van der Waals surface area contributed by atoms with Crippen LogP contribution in [-0.4, -0.2) is 35.8 Å². The van der Waals surface area contributed by atoms with Crippen LogP contribution in [0.5, 0.6) is 0 Å². The topological polar surface area (TPSA) is 41.1 Å². The standard InChI is InChI=1S/C12H19F3N4/c1-4-6-16-11-17-7-9(3)10(18-11)19(5-2)8-12(13,14)15/h7H,4-6,8H2,1-3H3,(H,16,17,18). The largest absolute Gasteiger partial charge is 0.405 e. The molecule has 1 N–H and O–H groups in total. The molecule has 1 rings (SSSR count). The van der Waals surface area contributed by atoms with Gasteiger partial charge in [-0.25, -0.2) is 4.98 Å². The van der Waals surface area contributed by atoms with Crippen LogP contribution in [0.15, 0.2) is 6.20 Å². The molecular formula is C12H19F3N4. The lowest BCUT2D eigenvalue weighted by molar-refractivity contribution is -0.119. The highest BCUT2D eigenvalue weighted by Gasteiger charge is 2.31. The van der Waals surface area contributed by atoms with Crippen molar-refractivity contribution in [1.29, 1.82) is 0 Å². The van der Waals surface area contributed by atoms with Gasteiger partial charge in [-0.2, -0.15) is 18.2 Å². The van der Waals surface area contributed by atoms with E-state index in [2.05, 4.69) is 15.3 Å². The summed E-state index contributed by atoms with van der Waals surface area (Å²) in [4.78, 5) is 9.43. The third-order valence-electron chi connectivity index (χ3n) is 2.53. The summed E-state index contributed by atoms with van der Waals surface area (Å²) in [5.41, 5.74) is 0.633. The van der Waals surface area contributed by atoms with E-state index in [1.807, 2.05) is 6.92 Å². The highest BCUT2D eigenvalue weighted by molar-refractivity contribution is 5.49. The molecule has 4 nitrogen and oxygen atoms in total. The van der Waals surface area contributed by atoms with E-state index >= 15 is 0 Å². The summed E-state index contributed by atoms with van der Waals surface area (Å²) in [7, 11) is 0. The summed E-state index contributed by atoms with van der Waals surface area (Å²) in [6.07, 6.45) is -1.81. The van der Waals surface area contributed by atoms with Crippen LogP contribution in [0.1, 0.15) is 25.8 Å². The Morgan fingerprint density at radius 2 is 2.00 bits per heavy atom. The molecule has 7 heteroatoms. The van der Waals surface area contributed by atoms with Crippen LogP contribution in [0.4, 0.5) is 24.9 Å². The van der Waals surface area contributed by atoms with Gasteiger partial charge in [0.25, 0.3) is 0 Å². The number of anilines is 2. The van der Waals surface area contributed by atoms with Crippen LogP contribution in [0.25, 0.3) is 0 Å². The molecule has 1 heterocycles. The Morgan fingerprint density at radius 1 is 1.32 bits per heavy atom. The minimum atomic E-state index is -4.25. The maximum atomic E-state index is 12.5. The molecule has 0 fully saturated rings. The molecular weight excluding hydrogens is 257 g/mol. The summed E-state index contributed by atoms with van der Waals surface area (Å²) in [5, 5.41) is 2.97. The van der Waals surface area contributed by atoms with Gasteiger partial charge >= 0.3 is 6.18 Å². The van der Waals surface area contributed by atoms with Gasteiger partial charge in [0.2, 0.25) is 5.95 Å². The lowest BCUT2D eigenvalue weighted by Gasteiger charge is -2.25. The number of nitrogens with zero attached hydrogens (tertiary/aromatic N) is 3. The molecule has 0 saturated carbocycles. The number of aryl methyl sites for hydroxylation is 1. The summed E-state index contributed by atoms with van der Waals surface area (Å²) < 4.78 is 37.5. The Kier molecular flexibility index (Phi) is 5.38. The van der Waals surface area contributed by atoms with Gasteiger partial charge in [0, 0.05) is 24.8 Å². The fourth-order valence-corrected chi connectivity index (χ4v) is 1.63. The molecule has 0 amide bonds. The van der Waals surface area contributed by atoms with Crippen molar-refractivity contribution in [1.82, 2.24) is 9.97 Å². The zero-order valence-corrected chi connectivity index (χ0v) is 11.4. The SMILES string of the molecule is CCCNc1ncc(C)c(N(CC)CC(F)(F)F)n1. The second-order valence-corrected chi connectivity index (χ2v) is 4.26. The zero-order valence-electron chi connectivity index (χ0n) is 11.4. The molecule has 0 aliphatic carbocycles. The smallest absolute Gasteiger partial charge is 0.354 e. The van der Waals surface area contributed by atoms with E-state index in [9.17, 15) is 13.2 Å². The third kappa shape index (κ3) is 4.92. The van der Waals surface area contributed by atoms with E-state index in [4.69, 9.17) is 0 Å². The van der Waals surface area contributed by atoms with Crippen LogP contribution in [0, 0.1) is 6.92 Å². The minimum absolute atomic E-state index is 0.241. The normalized spacial score (nSPS) is 11.5. The highest BCUT2D eigenvalue weighted by atomic mass is 19.4. The average Bonchev–Trinajstić information content (AvgIpc) is 2.34. The van der Waals surface area contributed by atoms with Gasteiger partial charge in [0.15, 0.2) is 0 Å². The second kappa shape index (κ2) is 6.58. The van der Waals surface area contributed by atoms with Crippen molar-refractivity contribution in [3.63, 3.8) is 0 Å². The Bertz CT molecular complexity index is 406. The van der Waals surface area contributed by atoms with E-state index < -0.39 is 12.7 Å². The molecule has 1 aromatic rings. The maximum Gasteiger partial charge on any atom is 0.405 e. The molecule has 19 heavy (non-hydrogen) atoms. The molecule has 0 spiro atoms. The first-order valence-electron chi connectivity index (χ1n) is 6.26. The summed E-state index contributed by atoms with van der Waals surface area (Å²) in [6.45, 7) is 5.29. The predicted molar refractivity (Wildman–Crippen MR) is 69.5 cm³/mol. The van der Waals surface area contributed by atoms with Crippen molar-refractivity contribution in [2.45, 2.75) is 33.4 Å². The van der Waals surface area contributed by atoms with Gasteiger partial charge in [0.05, 0.1) is 0 Å². The number of halogens is 3. The van der Waals surface area contributed by atoms with E-state index in [1.54, 1.807) is 20.0 Å². The number of aromatic nitrogens is 2. The van der Waals surface area contributed by atoms with E-state index in [1.165, 1.54) is 4.90 Å². The maximum absolute atomic E-state index is 12.5. The first-order valence-corrected chi connectivity index (χ1v) is 6.26. The molecule has 0 saturated heterocycles. The lowest BCUT2D eigenvalue weighted by atomic mass is 10.3. The van der Waals surface area contributed by atoms with Crippen LogP contribution in [-0.2, 0) is 0 Å². The molecule has 0 radical (unpaired) electrons. The number of hydrogen-bond donors (Lipinski definition) is 1. The Morgan fingerprint density at radius 3 is 2.53 bits per heavy atom. The second-order valence-electron chi connectivity index (χ2n) is 4.26. The Balaban J connectivity index is 2.95. The number of alkyl halides is 3. The first kappa shape index (κ1) is 15.5. The van der Waals surface area contributed by atoms with Gasteiger partial charge in [0.1, 0.15) is 12.4 Å². The van der Waals surface area contributed by atoms with E-state index in [-0.39, 0.29) is 6.54 Å². The van der Waals surface area contributed by atoms with E-state index in [0.717, 1.165) is 6.42 Å². The summed E-state index contributed by atoms with van der Waals surface area (Å²) in [6, 6.07) is 0. The lowest BCUT2D eigenvalue weighted by Crippen LogP contribution is -2.35. The molecule has 0 atom stereocenters. The Labute approximate surface area is 111 Å². The fourth-order valence-electron chi connectivity index (χ4n) is 1.63. The van der Waals surface area contributed by atoms with Crippen LogP contribution < -0.4 is 10.2 Å². The molecule has 0 bridgehead atoms. The zero-order chi connectivity index (χ0) is 14.5. The molecule has 108 valence electrons. The van der Waals surface area contributed by atoms with Crippen LogP contribution >= 0.6 is 0 Å². The quantitative estimate of drug-likeness (QED) is 0.867. The monoisotopic (exact) mass is 276 g/mol. The molecule has 0 aromatic carbocycles. The van der Waals surface area contributed by atoms with Crippen molar-refractivity contribution >= 4 is 11.8 Å². The van der Waals surface area contributed by atoms with Gasteiger partial charge in [-0.05, 0) is 20.3 Å². The Hall–Kier alpha value is -1.53. The molecule has 0 aliphatic rings. The van der Waals surface area contributed by atoms with Gasteiger partial charge in [-0.3, -0.25) is 0 Å². The fraction of sp³-hybridized carbons (Fsp3) is 0.667. The molecule has 1 aromatic heterocycles. The predicted octanol–water partition coefficient (Wildman–Crippen LogP) is 3.00. The van der Waals surface area contributed by atoms with Crippen molar-refractivity contribution in [3.05, 3.63) is 11.8 Å². The third-order valence-corrected chi connectivity index (χ3v) is 2.53. The minimum Gasteiger partial charge on any atom is -0.354 e. The molecule has 0 aliphatic heterocycles.